The molecule has 0 aliphatic carbocycles. The molecule has 0 bridgehead atoms. The van der Waals surface area contributed by atoms with E-state index in [9.17, 15) is 9.18 Å². The summed E-state index contributed by atoms with van der Waals surface area (Å²) < 4.78 is 24.8. The number of anilines is 1. The van der Waals surface area contributed by atoms with Crippen LogP contribution in [0.1, 0.15) is 12.5 Å². The Balaban J connectivity index is 1.66. The first-order chi connectivity index (χ1) is 12.6. The third kappa shape index (κ3) is 4.76. The van der Waals surface area contributed by atoms with Crippen LogP contribution in [-0.4, -0.2) is 15.9 Å². The zero-order valence-corrected chi connectivity index (χ0v) is 14.0. The van der Waals surface area contributed by atoms with Gasteiger partial charge in [0.2, 0.25) is 5.91 Å². The lowest BCUT2D eigenvalue weighted by atomic mass is 10.2. The monoisotopic (exact) mass is 353 g/mol. The van der Waals surface area contributed by atoms with Crippen molar-refractivity contribution in [3.63, 3.8) is 0 Å². The highest BCUT2D eigenvalue weighted by atomic mass is 19.1. The first-order valence-electron chi connectivity index (χ1n) is 7.85. The highest BCUT2D eigenvalue weighted by Gasteiger charge is 2.09. The smallest absolute Gasteiger partial charge is 0.318 e. The van der Waals surface area contributed by atoms with Crippen LogP contribution in [0, 0.1) is 5.82 Å². The largest absolute Gasteiger partial charge is 0.459 e. The summed E-state index contributed by atoms with van der Waals surface area (Å²) in [6.07, 6.45) is 0.947. The number of hydrogen-bond donors (Lipinski definition) is 1. The van der Waals surface area contributed by atoms with E-state index in [2.05, 4.69) is 15.3 Å². The second kappa shape index (κ2) is 8.06. The molecular formula is C19H16FN3O3. The molecule has 6 nitrogen and oxygen atoms in total. The summed E-state index contributed by atoms with van der Waals surface area (Å²) in [4.78, 5) is 18.7. The molecule has 0 aliphatic heterocycles. The van der Waals surface area contributed by atoms with Crippen molar-refractivity contribution in [2.24, 2.45) is 0 Å². The molecular weight excluding hydrogens is 337 g/mol. The number of nitrogens with one attached hydrogen (secondary N) is 1. The molecule has 1 aromatic heterocycles. The molecule has 1 amide bonds. The highest BCUT2D eigenvalue weighted by Crippen LogP contribution is 2.22. The van der Waals surface area contributed by atoms with Gasteiger partial charge in [0, 0.05) is 6.92 Å². The molecule has 0 spiro atoms. The molecule has 0 atom stereocenters. The van der Waals surface area contributed by atoms with Crippen molar-refractivity contribution in [3.05, 3.63) is 72.2 Å². The summed E-state index contributed by atoms with van der Waals surface area (Å²) in [5.74, 6) is 0.0115. The molecule has 0 fully saturated rings. The standard InChI is InChI=1S/C19H16FN3O3/c1-13(24)22-18-17(20)11-21-19(23-18)25-12-14-6-5-9-16(10-14)26-15-7-3-2-4-8-15/h2-11H,12H2,1H3,(H,21,22,23,24). The van der Waals surface area contributed by atoms with Gasteiger partial charge in [-0.05, 0) is 29.8 Å². The number of hydrogen-bond acceptors (Lipinski definition) is 5. The van der Waals surface area contributed by atoms with Crippen molar-refractivity contribution in [1.82, 2.24) is 9.97 Å². The summed E-state index contributed by atoms with van der Waals surface area (Å²) in [5.41, 5.74) is 0.826. The van der Waals surface area contributed by atoms with E-state index in [0.717, 1.165) is 17.5 Å². The lowest BCUT2D eigenvalue weighted by molar-refractivity contribution is -0.114. The third-order valence-corrected chi connectivity index (χ3v) is 3.26. The lowest BCUT2D eigenvalue weighted by Crippen LogP contribution is -2.11. The number of aromatic nitrogens is 2. The molecule has 7 heteroatoms. The Hall–Kier alpha value is -3.48. The molecule has 3 aromatic rings. The number of benzene rings is 2. The van der Waals surface area contributed by atoms with E-state index in [1.807, 2.05) is 54.6 Å². The van der Waals surface area contributed by atoms with Gasteiger partial charge in [-0.15, -0.1) is 0 Å². The van der Waals surface area contributed by atoms with Crippen LogP contribution in [0.25, 0.3) is 0 Å². The van der Waals surface area contributed by atoms with Crippen LogP contribution in [0.4, 0.5) is 10.2 Å². The van der Waals surface area contributed by atoms with E-state index in [1.165, 1.54) is 6.92 Å². The SMILES string of the molecule is CC(=O)Nc1nc(OCc2cccc(Oc3ccccc3)c2)ncc1F. The second-order valence-electron chi connectivity index (χ2n) is 5.38. The van der Waals surface area contributed by atoms with E-state index >= 15 is 0 Å². The number of para-hydroxylation sites is 1. The number of nitrogens with zero attached hydrogens (tertiary/aromatic N) is 2. The average molecular weight is 353 g/mol. The summed E-state index contributed by atoms with van der Waals surface area (Å²) in [5, 5.41) is 2.28. The Morgan fingerprint density at radius 2 is 1.88 bits per heavy atom. The molecule has 0 unspecified atom stereocenters. The minimum atomic E-state index is -0.731. The van der Waals surface area contributed by atoms with Crippen molar-refractivity contribution in [2.75, 3.05) is 5.32 Å². The van der Waals surface area contributed by atoms with Gasteiger partial charge in [-0.1, -0.05) is 30.3 Å². The van der Waals surface area contributed by atoms with E-state index in [4.69, 9.17) is 9.47 Å². The highest BCUT2D eigenvalue weighted by molar-refractivity contribution is 5.87. The van der Waals surface area contributed by atoms with E-state index in [0.29, 0.717) is 5.75 Å². The van der Waals surface area contributed by atoms with Gasteiger partial charge in [-0.3, -0.25) is 4.79 Å². The van der Waals surface area contributed by atoms with Gasteiger partial charge in [-0.25, -0.2) is 9.37 Å². The number of carbonyl (C=O) groups is 1. The van der Waals surface area contributed by atoms with Crippen LogP contribution in [0.2, 0.25) is 0 Å². The topological polar surface area (TPSA) is 73.3 Å². The van der Waals surface area contributed by atoms with E-state index in [-0.39, 0.29) is 18.4 Å². The van der Waals surface area contributed by atoms with Gasteiger partial charge >= 0.3 is 6.01 Å². The van der Waals surface area contributed by atoms with Gasteiger partial charge in [0.15, 0.2) is 11.6 Å². The summed E-state index contributed by atoms with van der Waals surface area (Å²) in [6, 6.07) is 16.7. The predicted molar refractivity (Wildman–Crippen MR) is 93.6 cm³/mol. The zero-order valence-electron chi connectivity index (χ0n) is 14.0. The van der Waals surface area contributed by atoms with Crippen LogP contribution in [0.5, 0.6) is 17.5 Å². The molecule has 1 N–H and O–H groups in total. The first kappa shape index (κ1) is 17.3. The Bertz CT molecular complexity index is 904. The molecule has 26 heavy (non-hydrogen) atoms. The summed E-state index contributed by atoms with van der Waals surface area (Å²) in [6.45, 7) is 1.43. The maximum Gasteiger partial charge on any atom is 0.318 e. The molecule has 132 valence electrons. The van der Waals surface area contributed by atoms with Crippen molar-refractivity contribution >= 4 is 11.7 Å². The van der Waals surface area contributed by atoms with Crippen molar-refractivity contribution in [2.45, 2.75) is 13.5 Å². The quantitative estimate of drug-likeness (QED) is 0.726. The van der Waals surface area contributed by atoms with E-state index < -0.39 is 11.7 Å². The Morgan fingerprint density at radius 3 is 2.65 bits per heavy atom. The molecule has 3 rings (SSSR count). The summed E-state index contributed by atoms with van der Waals surface area (Å²) in [7, 11) is 0. The fourth-order valence-corrected chi connectivity index (χ4v) is 2.15. The van der Waals surface area contributed by atoms with Crippen molar-refractivity contribution in [1.29, 1.82) is 0 Å². The van der Waals surface area contributed by atoms with Crippen LogP contribution < -0.4 is 14.8 Å². The van der Waals surface area contributed by atoms with Crippen LogP contribution in [0.3, 0.4) is 0 Å². The fraction of sp³-hybridized carbons (Fsp3) is 0.105. The minimum absolute atomic E-state index is 0.0375. The third-order valence-electron chi connectivity index (χ3n) is 3.26. The molecule has 0 saturated carbocycles. The number of ether oxygens (including phenoxy) is 2. The Kier molecular flexibility index (Phi) is 5.38. The molecule has 2 aromatic carbocycles. The molecule has 0 saturated heterocycles. The Labute approximate surface area is 149 Å². The maximum atomic E-state index is 13.5. The van der Waals surface area contributed by atoms with Crippen molar-refractivity contribution in [3.8, 4) is 17.5 Å². The average Bonchev–Trinajstić information content (AvgIpc) is 2.63. The van der Waals surface area contributed by atoms with Crippen molar-refractivity contribution < 1.29 is 18.7 Å². The lowest BCUT2D eigenvalue weighted by Gasteiger charge is -2.09. The number of halogens is 1. The summed E-state index contributed by atoms with van der Waals surface area (Å²) >= 11 is 0. The normalized spacial score (nSPS) is 10.2. The molecule has 0 aliphatic rings. The molecule has 0 radical (unpaired) electrons. The van der Waals surface area contributed by atoms with Gasteiger partial charge in [0.1, 0.15) is 18.1 Å². The van der Waals surface area contributed by atoms with Crippen LogP contribution in [0.15, 0.2) is 60.8 Å². The number of carbonyl (C=O) groups excluding carboxylic acids is 1. The van der Waals surface area contributed by atoms with Crippen LogP contribution in [-0.2, 0) is 11.4 Å². The Morgan fingerprint density at radius 1 is 1.12 bits per heavy atom. The van der Waals surface area contributed by atoms with E-state index in [1.54, 1.807) is 0 Å². The number of amides is 1. The maximum absolute atomic E-state index is 13.5. The van der Waals surface area contributed by atoms with Gasteiger partial charge in [0.05, 0.1) is 6.20 Å². The molecule has 1 heterocycles. The second-order valence-corrected chi connectivity index (χ2v) is 5.38. The minimum Gasteiger partial charge on any atom is -0.459 e. The predicted octanol–water partition coefficient (Wildman–Crippen LogP) is 3.95. The number of rotatable bonds is 6. The zero-order chi connectivity index (χ0) is 18.4. The van der Waals surface area contributed by atoms with Gasteiger partial charge < -0.3 is 14.8 Å². The first-order valence-corrected chi connectivity index (χ1v) is 7.85. The van der Waals surface area contributed by atoms with Gasteiger partial charge in [0.25, 0.3) is 0 Å². The van der Waals surface area contributed by atoms with Gasteiger partial charge in [-0.2, -0.15) is 4.98 Å². The fourth-order valence-electron chi connectivity index (χ4n) is 2.15. The van der Waals surface area contributed by atoms with Crippen LogP contribution >= 0.6 is 0 Å².